The molecule has 0 aliphatic carbocycles. The number of hydrogen-bond acceptors (Lipinski definition) is 2. The maximum atomic E-state index is 14.0. The molecule has 3 aromatic carbocycles. The zero-order chi connectivity index (χ0) is 19.8. The average Bonchev–Trinajstić information content (AvgIpc) is 2.74. The highest BCUT2D eigenvalue weighted by Crippen LogP contribution is 2.20. The van der Waals surface area contributed by atoms with Gasteiger partial charge in [0.05, 0.1) is 0 Å². The third kappa shape index (κ3) is 5.19. The summed E-state index contributed by atoms with van der Waals surface area (Å²) in [5.41, 5.74) is 2.07. The number of para-hydroxylation sites is 1. The van der Waals surface area contributed by atoms with E-state index in [1.165, 1.54) is 6.07 Å². The average molecular weight is 377 g/mol. The standard InChI is InChI=1S/C24H24FNO2/c1-2-22(28-23-16-10-9-15-21(23)25)24(27)26(17-19-11-5-3-6-12-19)18-20-13-7-4-8-14-20/h3-16,22H,2,17-18H2,1H3/t22-/m1/s1. The van der Waals surface area contributed by atoms with Crippen LogP contribution in [0.4, 0.5) is 4.39 Å². The minimum Gasteiger partial charge on any atom is -0.478 e. The number of benzene rings is 3. The molecule has 0 saturated heterocycles. The molecule has 0 aliphatic rings. The first-order chi connectivity index (χ1) is 13.7. The fraction of sp³-hybridized carbons (Fsp3) is 0.208. The minimum atomic E-state index is -0.746. The maximum Gasteiger partial charge on any atom is 0.264 e. The molecular weight excluding hydrogens is 353 g/mol. The topological polar surface area (TPSA) is 29.5 Å². The lowest BCUT2D eigenvalue weighted by atomic mass is 10.1. The molecular formula is C24H24FNO2. The summed E-state index contributed by atoms with van der Waals surface area (Å²) in [5.74, 6) is -0.521. The number of halogens is 1. The first-order valence-corrected chi connectivity index (χ1v) is 9.45. The summed E-state index contributed by atoms with van der Waals surface area (Å²) < 4.78 is 19.7. The van der Waals surface area contributed by atoms with Crippen LogP contribution < -0.4 is 4.74 Å². The molecule has 1 atom stereocenters. The first kappa shape index (κ1) is 19.6. The second-order valence-electron chi connectivity index (χ2n) is 6.61. The molecule has 3 rings (SSSR count). The second kappa shape index (κ2) is 9.70. The van der Waals surface area contributed by atoms with E-state index in [1.54, 1.807) is 23.1 Å². The van der Waals surface area contributed by atoms with Crippen LogP contribution in [-0.4, -0.2) is 16.9 Å². The molecule has 0 N–H and O–H groups in total. The van der Waals surface area contributed by atoms with Crippen LogP contribution in [0.5, 0.6) is 5.75 Å². The quantitative estimate of drug-likeness (QED) is 0.539. The summed E-state index contributed by atoms with van der Waals surface area (Å²) in [5, 5.41) is 0. The van der Waals surface area contributed by atoms with Gasteiger partial charge < -0.3 is 9.64 Å². The number of rotatable bonds is 8. The van der Waals surface area contributed by atoms with Crippen molar-refractivity contribution in [3.63, 3.8) is 0 Å². The van der Waals surface area contributed by atoms with Crippen LogP contribution in [0.15, 0.2) is 84.9 Å². The predicted octanol–water partition coefficient (Wildman–Crippen LogP) is 5.21. The van der Waals surface area contributed by atoms with E-state index in [-0.39, 0.29) is 11.7 Å². The molecule has 0 radical (unpaired) electrons. The van der Waals surface area contributed by atoms with E-state index in [9.17, 15) is 9.18 Å². The Balaban J connectivity index is 1.82. The third-order valence-corrected chi connectivity index (χ3v) is 4.50. The van der Waals surface area contributed by atoms with Gasteiger partial charge >= 0.3 is 0 Å². The molecule has 4 heteroatoms. The SMILES string of the molecule is CC[C@@H](Oc1ccccc1F)C(=O)N(Cc1ccccc1)Cc1ccccc1. The number of amides is 1. The highest BCUT2D eigenvalue weighted by molar-refractivity contribution is 5.81. The molecule has 0 heterocycles. The Bertz CT molecular complexity index is 842. The molecule has 0 saturated carbocycles. The van der Waals surface area contributed by atoms with Crippen molar-refractivity contribution in [3.8, 4) is 5.75 Å². The van der Waals surface area contributed by atoms with Crippen LogP contribution in [0.1, 0.15) is 24.5 Å². The molecule has 1 amide bonds. The van der Waals surface area contributed by atoms with Crippen LogP contribution in [0.25, 0.3) is 0 Å². The van der Waals surface area contributed by atoms with E-state index in [4.69, 9.17) is 4.74 Å². The molecule has 144 valence electrons. The zero-order valence-electron chi connectivity index (χ0n) is 15.9. The van der Waals surface area contributed by atoms with Gasteiger partial charge in [-0.2, -0.15) is 0 Å². The highest BCUT2D eigenvalue weighted by atomic mass is 19.1. The minimum absolute atomic E-state index is 0.0991. The van der Waals surface area contributed by atoms with Gasteiger partial charge in [-0.1, -0.05) is 79.7 Å². The van der Waals surface area contributed by atoms with Gasteiger partial charge in [-0.05, 0) is 29.7 Å². The van der Waals surface area contributed by atoms with Crippen molar-refractivity contribution in [2.45, 2.75) is 32.5 Å². The number of hydrogen-bond donors (Lipinski definition) is 0. The molecule has 0 unspecified atom stereocenters. The van der Waals surface area contributed by atoms with Gasteiger partial charge in [-0.3, -0.25) is 4.79 Å². The Morgan fingerprint density at radius 2 is 1.36 bits per heavy atom. The molecule has 0 fully saturated rings. The lowest BCUT2D eigenvalue weighted by molar-refractivity contribution is -0.140. The summed E-state index contributed by atoms with van der Waals surface area (Å²) in [7, 11) is 0. The van der Waals surface area contributed by atoms with Gasteiger partial charge in [0.1, 0.15) is 0 Å². The smallest absolute Gasteiger partial charge is 0.264 e. The largest absolute Gasteiger partial charge is 0.478 e. The lowest BCUT2D eigenvalue weighted by Crippen LogP contribution is -2.41. The van der Waals surface area contributed by atoms with Gasteiger partial charge in [0, 0.05) is 13.1 Å². The van der Waals surface area contributed by atoms with Crippen molar-refractivity contribution in [1.29, 1.82) is 0 Å². The van der Waals surface area contributed by atoms with Gasteiger partial charge in [0.25, 0.3) is 5.91 Å². The van der Waals surface area contributed by atoms with Crippen LogP contribution in [0.3, 0.4) is 0 Å². The van der Waals surface area contributed by atoms with Crippen molar-refractivity contribution in [2.75, 3.05) is 0 Å². The predicted molar refractivity (Wildman–Crippen MR) is 108 cm³/mol. The summed E-state index contributed by atoms with van der Waals surface area (Å²) >= 11 is 0. The Morgan fingerprint density at radius 3 is 1.86 bits per heavy atom. The van der Waals surface area contributed by atoms with E-state index in [0.717, 1.165) is 11.1 Å². The summed E-state index contributed by atoms with van der Waals surface area (Å²) in [6.45, 7) is 2.80. The Labute approximate surface area is 165 Å². The van der Waals surface area contributed by atoms with Crippen molar-refractivity contribution >= 4 is 5.91 Å². The Hall–Kier alpha value is -3.14. The fourth-order valence-electron chi connectivity index (χ4n) is 3.02. The highest BCUT2D eigenvalue weighted by Gasteiger charge is 2.26. The van der Waals surface area contributed by atoms with E-state index < -0.39 is 11.9 Å². The van der Waals surface area contributed by atoms with Gasteiger partial charge in [0.15, 0.2) is 17.7 Å². The molecule has 0 bridgehead atoms. The summed E-state index contributed by atoms with van der Waals surface area (Å²) in [6, 6.07) is 25.8. The monoisotopic (exact) mass is 377 g/mol. The number of nitrogens with zero attached hydrogens (tertiary/aromatic N) is 1. The number of ether oxygens (including phenoxy) is 1. The number of carbonyl (C=O) groups is 1. The fourth-order valence-corrected chi connectivity index (χ4v) is 3.02. The van der Waals surface area contributed by atoms with Gasteiger partial charge in [-0.25, -0.2) is 4.39 Å². The second-order valence-corrected chi connectivity index (χ2v) is 6.61. The van der Waals surface area contributed by atoms with Crippen molar-refractivity contribution in [3.05, 3.63) is 102 Å². The lowest BCUT2D eigenvalue weighted by Gasteiger charge is -2.28. The van der Waals surface area contributed by atoms with Crippen LogP contribution in [-0.2, 0) is 17.9 Å². The van der Waals surface area contributed by atoms with Crippen molar-refractivity contribution < 1.29 is 13.9 Å². The molecule has 0 spiro atoms. The molecule has 0 aromatic heterocycles. The van der Waals surface area contributed by atoms with E-state index in [0.29, 0.717) is 19.5 Å². The third-order valence-electron chi connectivity index (χ3n) is 4.50. The van der Waals surface area contributed by atoms with E-state index in [1.807, 2.05) is 67.6 Å². The molecule has 28 heavy (non-hydrogen) atoms. The van der Waals surface area contributed by atoms with Gasteiger partial charge in [0.2, 0.25) is 0 Å². The summed E-state index contributed by atoms with van der Waals surface area (Å²) in [6.07, 6.45) is -0.294. The van der Waals surface area contributed by atoms with Crippen molar-refractivity contribution in [1.82, 2.24) is 4.90 Å². The van der Waals surface area contributed by atoms with E-state index in [2.05, 4.69) is 0 Å². The molecule has 3 nitrogen and oxygen atoms in total. The van der Waals surface area contributed by atoms with Gasteiger partial charge in [-0.15, -0.1) is 0 Å². The summed E-state index contributed by atoms with van der Waals surface area (Å²) in [4.78, 5) is 15.0. The Morgan fingerprint density at radius 1 is 0.857 bits per heavy atom. The molecule has 3 aromatic rings. The Kier molecular flexibility index (Phi) is 6.79. The molecule has 0 aliphatic heterocycles. The number of carbonyl (C=O) groups excluding carboxylic acids is 1. The van der Waals surface area contributed by atoms with Crippen LogP contribution >= 0.6 is 0 Å². The van der Waals surface area contributed by atoms with Crippen LogP contribution in [0.2, 0.25) is 0 Å². The van der Waals surface area contributed by atoms with Crippen LogP contribution in [0, 0.1) is 5.82 Å². The zero-order valence-corrected chi connectivity index (χ0v) is 15.9. The van der Waals surface area contributed by atoms with E-state index >= 15 is 0 Å². The maximum absolute atomic E-state index is 14.0. The normalized spacial score (nSPS) is 11.6. The first-order valence-electron chi connectivity index (χ1n) is 9.45. The van der Waals surface area contributed by atoms with Crippen molar-refractivity contribution in [2.24, 2.45) is 0 Å².